The second-order valence-electron chi connectivity index (χ2n) is 5.86. The van der Waals surface area contributed by atoms with Gasteiger partial charge >= 0.3 is 0 Å². The van der Waals surface area contributed by atoms with Gasteiger partial charge in [0.2, 0.25) is 4.96 Å². The summed E-state index contributed by atoms with van der Waals surface area (Å²) in [5, 5.41) is 5.77. The molecular weight excluding hydrogens is 332 g/mol. The number of aromatic nitrogens is 3. The lowest BCUT2D eigenvalue weighted by atomic mass is 10.1. The Labute approximate surface area is 142 Å². The molecule has 0 spiro atoms. The number of hydrogen-bond donors (Lipinski definition) is 0. The second-order valence-corrected chi connectivity index (χ2v) is 7.45. The molecule has 0 radical (unpaired) electrons. The van der Waals surface area contributed by atoms with Crippen LogP contribution >= 0.6 is 22.9 Å². The van der Waals surface area contributed by atoms with E-state index >= 15 is 0 Å². The van der Waals surface area contributed by atoms with Gasteiger partial charge in [0.15, 0.2) is 0 Å². The predicted molar refractivity (Wildman–Crippen MR) is 92.7 cm³/mol. The number of hydrogen-bond acceptors (Lipinski definition) is 5. The van der Waals surface area contributed by atoms with Gasteiger partial charge in [-0.25, -0.2) is 4.98 Å². The fourth-order valence-electron chi connectivity index (χ4n) is 3.11. The van der Waals surface area contributed by atoms with Gasteiger partial charge in [-0.15, -0.1) is 0 Å². The first-order valence-electron chi connectivity index (χ1n) is 7.43. The van der Waals surface area contributed by atoms with Gasteiger partial charge in [0, 0.05) is 22.8 Å². The van der Waals surface area contributed by atoms with Crippen LogP contribution in [-0.2, 0) is 13.0 Å². The molecule has 0 N–H and O–H groups in total. The van der Waals surface area contributed by atoms with Crippen molar-refractivity contribution in [3.8, 4) is 0 Å². The molecule has 0 saturated carbocycles. The SMILES string of the molecule is Cc1nn2c(=O)cc(CN3c4ccc(Cl)cc4CC3C)nc2s1. The maximum Gasteiger partial charge on any atom is 0.275 e. The van der Waals surface area contributed by atoms with Crippen LogP contribution in [0.15, 0.2) is 29.1 Å². The van der Waals surface area contributed by atoms with E-state index in [1.54, 1.807) is 6.07 Å². The summed E-state index contributed by atoms with van der Waals surface area (Å²) < 4.78 is 1.37. The van der Waals surface area contributed by atoms with Crippen LogP contribution in [0.3, 0.4) is 0 Å². The van der Waals surface area contributed by atoms with E-state index in [1.165, 1.54) is 27.1 Å². The average molecular weight is 347 g/mol. The van der Waals surface area contributed by atoms with Crippen LogP contribution in [0, 0.1) is 6.92 Å². The highest BCUT2D eigenvalue weighted by Crippen LogP contribution is 2.34. The standard InChI is InChI=1S/C16H15ClN4OS/c1-9-5-11-6-12(17)3-4-14(11)20(9)8-13-7-15(22)21-16(18-13)23-10(2)19-21/h3-4,6-7,9H,5,8H2,1-2H3. The molecule has 23 heavy (non-hydrogen) atoms. The van der Waals surface area contributed by atoms with Gasteiger partial charge in [0.25, 0.3) is 5.56 Å². The lowest BCUT2D eigenvalue weighted by molar-refractivity contribution is 0.663. The molecule has 118 valence electrons. The summed E-state index contributed by atoms with van der Waals surface area (Å²) >= 11 is 7.52. The monoisotopic (exact) mass is 346 g/mol. The molecule has 2 aromatic heterocycles. The molecule has 0 amide bonds. The van der Waals surface area contributed by atoms with E-state index in [9.17, 15) is 4.79 Å². The van der Waals surface area contributed by atoms with Crippen molar-refractivity contribution in [1.82, 2.24) is 14.6 Å². The summed E-state index contributed by atoms with van der Waals surface area (Å²) in [5.41, 5.74) is 3.06. The Balaban J connectivity index is 1.72. The molecule has 1 aliphatic rings. The van der Waals surface area contributed by atoms with Crippen molar-refractivity contribution < 1.29 is 0 Å². The first-order chi connectivity index (χ1) is 11.0. The van der Waals surface area contributed by atoms with Crippen LogP contribution < -0.4 is 10.5 Å². The third kappa shape index (κ3) is 2.52. The van der Waals surface area contributed by atoms with Crippen molar-refractivity contribution in [2.24, 2.45) is 0 Å². The maximum atomic E-state index is 12.2. The van der Waals surface area contributed by atoms with Crippen LogP contribution in [0.25, 0.3) is 4.96 Å². The van der Waals surface area contributed by atoms with Crippen LogP contribution in [0.4, 0.5) is 5.69 Å². The van der Waals surface area contributed by atoms with Gasteiger partial charge in [0.05, 0.1) is 12.2 Å². The summed E-state index contributed by atoms with van der Waals surface area (Å²) in [5.74, 6) is 0. The van der Waals surface area contributed by atoms with Crippen LogP contribution in [-0.4, -0.2) is 20.6 Å². The van der Waals surface area contributed by atoms with Gasteiger partial charge in [-0.1, -0.05) is 22.9 Å². The minimum Gasteiger partial charge on any atom is -0.362 e. The minimum absolute atomic E-state index is 0.127. The number of rotatable bonds is 2. The number of fused-ring (bicyclic) bond motifs is 2. The summed E-state index contributed by atoms with van der Waals surface area (Å²) in [6.07, 6.45) is 0.955. The average Bonchev–Trinajstić information content (AvgIpc) is 2.99. The Kier molecular flexibility index (Phi) is 3.39. The maximum absolute atomic E-state index is 12.2. The highest BCUT2D eigenvalue weighted by molar-refractivity contribution is 7.16. The number of anilines is 1. The zero-order valence-corrected chi connectivity index (χ0v) is 14.4. The third-order valence-corrected chi connectivity index (χ3v) is 5.19. The molecule has 5 nitrogen and oxygen atoms in total. The van der Waals surface area contributed by atoms with E-state index in [0.717, 1.165) is 22.1 Å². The van der Waals surface area contributed by atoms with Crippen molar-refractivity contribution in [3.05, 3.63) is 55.9 Å². The highest BCUT2D eigenvalue weighted by Gasteiger charge is 2.26. The van der Waals surface area contributed by atoms with E-state index in [4.69, 9.17) is 11.6 Å². The van der Waals surface area contributed by atoms with E-state index in [2.05, 4.69) is 21.9 Å². The van der Waals surface area contributed by atoms with Crippen molar-refractivity contribution in [1.29, 1.82) is 0 Å². The molecular formula is C16H15ClN4OS. The summed E-state index contributed by atoms with van der Waals surface area (Å²) in [6.45, 7) is 4.66. The van der Waals surface area contributed by atoms with Crippen LogP contribution in [0.5, 0.6) is 0 Å². The van der Waals surface area contributed by atoms with Crippen LogP contribution in [0.2, 0.25) is 5.02 Å². The zero-order valence-electron chi connectivity index (χ0n) is 12.8. The Morgan fingerprint density at radius 1 is 1.39 bits per heavy atom. The quantitative estimate of drug-likeness (QED) is 0.715. The zero-order chi connectivity index (χ0) is 16.1. The number of aryl methyl sites for hydroxylation is 1. The van der Waals surface area contributed by atoms with Crippen molar-refractivity contribution >= 4 is 33.6 Å². The lowest BCUT2D eigenvalue weighted by Crippen LogP contribution is -2.30. The van der Waals surface area contributed by atoms with Crippen molar-refractivity contribution in [2.45, 2.75) is 32.9 Å². The Morgan fingerprint density at radius 2 is 2.22 bits per heavy atom. The largest absolute Gasteiger partial charge is 0.362 e. The Bertz CT molecular complexity index is 964. The second kappa shape index (κ2) is 5.32. The van der Waals surface area contributed by atoms with Crippen molar-refractivity contribution in [2.75, 3.05) is 4.90 Å². The summed E-state index contributed by atoms with van der Waals surface area (Å²) in [6, 6.07) is 7.90. The fourth-order valence-corrected chi connectivity index (χ4v) is 4.07. The third-order valence-electron chi connectivity index (χ3n) is 4.13. The number of nitrogens with zero attached hydrogens (tertiary/aromatic N) is 4. The van der Waals surface area contributed by atoms with Gasteiger partial charge in [-0.05, 0) is 44.0 Å². The van der Waals surface area contributed by atoms with Crippen LogP contribution in [0.1, 0.15) is 23.2 Å². The minimum atomic E-state index is -0.127. The molecule has 1 atom stereocenters. The summed E-state index contributed by atoms with van der Waals surface area (Å²) in [7, 11) is 0. The normalized spacial score (nSPS) is 17.0. The molecule has 1 aliphatic heterocycles. The highest BCUT2D eigenvalue weighted by atomic mass is 35.5. The molecule has 0 aliphatic carbocycles. The Hall–Kier alpha value is -1.92. The van der Waals surface area contributed by atoms with E-state index in [-0.39, 0.29) is 5.56 Å². The lowest BCUT2D eigenvalue weighted by Gasteiger charge is -2.24. The van der Waals surface area contributed by atoms with E-state index in [0.29, 0.717) is 17.5 Å². The molecule has 0 fully saturated rings. The molecule has 0 saturated heterocycles. The number of halogens is 1. The molecule has 1 unspecified atom stereocenters. The fraction of sp³-hybridized carbons (Fsp3) is 0.312. The Morgan fingerprint density at radius 3 is 3.04 bits per heavy atom. The smallest absolute Gasteiger partial charge is 0.275 e. The van der Waals surface area contributed by atoms with Gasteiger partial charge < -0.3 is 4.90 Å². The predicted octanol–water partition coefficient (Wildman–Crippen LogP) is 3.06. The topological polar surface area (TPSA) is 50.5 Å². The van der Waals surface area contributed by atoms with E-state index in [1.807, 2.05) is 25.1 Å². The molecule has 0 bridgehead atoms. The summed E-state index contributed by atoms with van der Waals surface area (Å²) in [4.78, 5) is 19.7. The van der Waals surface area contributed by atoms with Gasteiger partial charge in [-0.2, -0.15) is 9.61 Å². The van der Waals surface area contributed by atoms with Crippen molar-refractivity contribution in [3.63, 3.8) is 0 Å². The molecule has 3 heterocycles. The van der Waals surface area contributed by atoms with Gasteiger partial charge in [-0.3, -0.25) is 4.79 Å². The first-order valence-corrected chi connectivity index (χ1v) is 8.62. The molecule has 4 rings (SSSR count). The van der Waals surface area contributed by atoms with E-state index < -0.39 is 0 Å². The molecule has 7 heteroatoms. The number of benzene rings is 1. The van der Waals surface area contributed by atoms with Gasteiger partial charge in [0.1, 0.15) is 5.01 Å². The molecule has 3 aromatic rings. The first kappa shape index (κ1) is 14.7. The molecule has 1 aromatic carbocycles.